The van der Waals surface area contributed by atoms with Gasteiger partial charge in [-0.2, -0.15) is 0 Å². The van der Waals surface area contributed by atoms with Crippen LogP contribution in [0.15, 0.2) is 24.4 Å². The van der Waals surface area contributed by atoms with E-state index in [1.54, 1.807) is 18.3 Å². The van der Waals surface area contributed by atoms with Gasteiger partial charge < -0.3 is 4.98 Å². The van der Waals surface area contributed by atoms with Crippen LogP contribution in [0.2, 0.25) is 0 Å². The van der Waals surface area contributed by atoms with Crippen LogP contribution < -0.4 is 0 Å². The normalized spacial score (nSPS) is 10.4. The molecule has 82 valence electrons. The predicted octanol–water partition coefficient (Wildman–Crippen LogP) is 3.56. The van der Waals surface area contributed by atoms with Crippen molar-refractivity contribution < 1.29 is 4.39 Å². The lowest BCUT2D eigenvalue weighted by Gasteiger charge is -2.07. The number of aromatic amines is 1. The van der Waals surface area contributed by atoms with E-state index in [0.29, 0.717) is 16.0 Å². The minimum absolute atomic E-state index is 0.259. The highest BCUT2D eigenvalue weighted by Crippen LogP contribution is 2.24. The summed E-state index contributed by atoms with van der Waals surface area (Å²) in [5.74, 6) is -0.259. The van der Waals surface area contributed by atoms with Crippen molar-refractivity contribution in [1.82, 2.24) is 9.97 Å². The second-order valence-electron chi connectivity index (χ2n) is 3.73. The third-order valence-electron chi connectivity index (χ3n) is 2.39. The monoisotopic (exact) mass is 234 g/mol. The summed E-state index contributed by atoms with van der Waals surface area (Å²) < 4.78 is 14.1. The standard InChI is InChI=1S/C12H11FN2S/c1-7-3-4-10(13)9(5-7)11-8(2)6-14-12(16)15-11/h3-6H,1-2H3,(H,14,15,16). The molecule has 0 bridgehead atoms. The average Bonchev–Trinajstić information content (AvgIpc) is 2.25. The Morgan fingerprint density at radius 1 is 1.31 bits per heavy atom. The first kappa shape index (κ1) is 11.0. The maximum atomic E-state index is 13.7. The van der Waals surface area contributed by atoms with Crippen LogP contribution in [0, 0.1) is 24.4 Å². The Morgan fingerprint density at radius 2 is 2.06 bits per heavy atom. The van der Waals surface area contributed by atoms with E-state index in [2.05, 4.69) is 9.97 Å². The van der Waals surface area contributed by atoms with Crippen LogP contribution in [-0.4, -0.2) is 9.97 Å². The molecule has 0 radical (unpaired) electrons. The highest BCUT2D eigenvalue weighted by atomic mass is 32.1. The Labute approximate surface area is 98.2 Å². The van der Waals surface area contributed by atoms with Crippen molar-refractivity contribution >= 4 is 12.2 Å². The zero-order valence-corrected chi connectivity index (χ0v) is 9.86. The molecule has 2 aromatic rings. The molecule has 1 N–H and O–H groups in total. The van der Waals surface area contributed by atoms with Gasteiger partial charge in [0.05, 0.1) is 5.69 Å². The zero-order chi connectivity index (χ0) is 11.7. The van der Waals surface area contributed by atoms with Gasteiger partial charge in [-0.1, -0.05) is 11.6 Å². The highest BCUT2D eigenvalue weighted by Gasteiger charge is 2.08. The van der Waals surface area contributed by atoms with E-state index in [1.165, 1.54) is 6.07 Å². The summed E-state index contributed by atoms with van der Waals surface area (Å²) in [6.07, 6.45) is 1.65. The van der Waals surface area contributed by atoms with Crippen LogP contribution in [0.4, 0.5) is 4.39 Å². The SMILES string of the molecule is Cc1ccc(F)c(-c2[nH]c(=S)ncc2C)c1. The van der Waals surface area contributed by atoms with Crippen molar-refractivity contribution in [2.45, 2.75) is 13.8 Å². The summed E-state index contributed by atoms with van der Waals surface area (Å²) in [7, 11) is 0. The number of hydrogen-bond donors (Lipinski definition) is 1. The van der Waals surface area contributed by atoms with Gasteiger partial charge in [-0.05, 0) is 43.8 Å². The van der Waals surface area contributed by atoms with Crippen molar-refractivity contribution in [1.29, 1.82) is 0 Å². The van der Waals surface area contributed by atoms with Crippen LogP contribution in [-0.2, 0) is 0 Å². The Kier molecular flexibility index (Phi) is 2.83. The smallest absolute Gasteiger partial charge is 0.197 e. The molecule has 0 saturated heterocycles. The number of aryl methyl sites for hydroxylation is 2. The Morgan fingerprint density at radius 3 is 2.81 bits per heavy atom. The van der Waals surface area contributed by atoms with Crippen molar-refractivity contribution in [2.75, 3.05) is 0 Å². The quantitative estimate of drug-likeness (QED) is 0.764. The second kappa shape index (κ2) is 4.14. The fourth-order valence-corrected chi connectivity index (χ4v) is 1.72. The first-order valence-electron chi connectivity index (χ1n) is 4.90. The lowest BCUT2D eigenvalue weighted by Crippen LogP contribution is -1.94. The molecule has 1 aromatic carbocycles. The molecule has 0 aliphatic heterocycles. The van der Waals surface area contributed by atoms with E-state index in [-0.39, 0.29) is 5.82 Å². The van der Waals surface area contributed by atoms with E-state index >= 15 is 0 Å². The molecule has 0 saturated carbocycles. The summed E-state index contributed by atoms with van der Waals surface area (Å²) in [5, 5.41) is 0. The van der Waals surface area contributed by atoms with Gasteiger partial charge in [0.2, 0.25) is 0 Å². The molecule has 1 heterocycles. The van der Waals surface area contributed by atoms with Crippen molar-refractivity contribution in [3.63, 3.8) is 0 Å². The molecule has 0 fully saturated rings. The molecule has 2 rings (SSSR count). The second-order valence-corrected chi connectivity index (χ2v) is 4.12. The summed E-state index contributed by atoms with van der Waals surface area (Å²) in [4.78, 5) is 6.88. The molecule has 16 heavy (non-hydrogen) atoms. The molecule has 0 atom stereocenters. The molecule has 0 aliphatic rings. The number of nitrogens with one attached hydrogen (secondary N) is 1. The van der Waals surface area contributed by atoms with E-state index in [0.717, 1.165) is 11.1 Å². The number of benzene rings is 1. The molecular weight excluding hydrogens is 223 g/mol. The maximum absolute atomic E-state index is 13.7. The van der Waals surface area contributed by atoms with Gasteiger partial charge in [-0.15, -0.1) is 0 Å². The van der Waals surface area contributed by atoms with Gasteiger partial charge >= 0.3 is 0 Å². The third-order valence-corrected chi connectivity index (χ3v) is 2.60. The minimum Gasteiger partial charge on any atom is -0.330 e. The molecule has 0 spiro atoms. The first-order chi connectivity index (χ1) is 7.58. The van der Waals surface area contributed by atoms with Gasteiger partial charge in [-0.3, -0.25) is 0 Å². The van der Waals surface area contributed by atoms with Crippen molar-refractivity contribution in [3.05, 3.63) is 46.1 Å². The van der Waals surface area contributed by atoms with Gasteiger partial charge in [0.1, 0.15) is 5.82 Å². The van der Waals surface area contributed by atoms with Crippen LogP contribution in [0.1, 0.15) is 11.1 Å². The fraction of sp³-hybridized carbons (Fsp3) is 0.167. The van der Waals surface area contributed by atoms with Gasteiger partial charge in [-0.25, -0.2) is 9.37 Å². The Bertz CT molecular complexity index is 590. The lowest BCUT2D eigenvalue weighted by molar-refractivity contribution is 0.630. The lowest BCUT2D eigenvalue weighted by atomic mass is 10.1. The summed E-state index contributed by atoms with van der Waals surface area (Å²) in [6.45, 7) is 3.80. The van der Waals surface area contributed by atoms with Gasteiger partial charge in [0, 0.05) is 11.8 Å². The topological polar surface area (TPSA) is 28.7 Å². The van der Waals surface area contributed by atoms with Crippen molar-refractivity contribution in [3.8, 4) is 11.3 Å². The number of nitrogens with zero attached hydrogens (tertiary/aromatic N) is 1. The number of hydrogen-bond acceptors (Lipinski definition) is 2. The molecule has 0 unspecified atom stereocenters. The molecule has 4 heteroatoms. The molecule has 2 nitrogen and oxygen atoms in total. The maximum Gasteiger partial charge on any atom is 0.197 e. The zero-order valence-electron chi connectivity index (χ0n) is 9.04. The van der Waals surface area contributed by atoms with Crippen LogP contribution >= 0.6 is 12.2 Å². The van der Waals surface area contributed by atoms with E-state index in [9.17, 15) is 4.39 Å². The van der Waals surface area contributed by atoms with E-state index in [1.807, 2.05) is 13.8 Å². The van der Waals surface area contributed by atoms with Gasteiger partial charge in [0.25, 0.3) is 0 Å². The average molecular weight is 234 g/mol. The number of rotatable bonds is 1. The summed E-state index contributed by atoms with van der Waals surface area (Å²) >= 11 is 4.95. The molecule has 1 aromatic heterocycles. The summed E-state index contributed by atoms with van der Waals surface area (Å²) in [6, 6.07) is 4.99. The minimum atomic E-state index is -0.259. The van der Waals surface area contributed by atoms with Crippen LogP contribution in [0.3, 0.4) is 0 Å². The van der Waals surface area contributed by atoms with Crippen LogP contribution in [0.25, 0.3) is 11.3 Å². The number of aromatic nitrogens is 2. The number of H-pyrrole nitrogens is 1. The summed E-state index contributed by atoms with van der Waals surface area (Å²) in [5.41, 5.74) is 3.11. The first-order valence-corrected chi connectivity index (χ1v) is 5.31. The number of halogens is 1. The fourth-order valence-electron chi connectivity index (χ4n) is 1.57. The van der Waals surface area contributed by atoms with Gasteiger partial charge in [0.15, 0.2) is 4.77 Å². The van der Waals surface area contributed by atoms with E-state index in [4.69, 9.17) is 12.2 Å². The highest BCUT2D eigenvalue weighted by molar-refractivity contribution is 7.71. The predicted molar refractivity (Wildman–Crippen MR) is 64.3 cm³/mol. The molecule has 0 amide bonds. The Balaban J connectivity index is 2.71. The van der Waals surface area contributed by atoms with Crippen LogP contribution in [0.5, 0.6) is 0 Å². The largest absolute Gasteiger partial charge is 0.330 e. The van der Waals surface area contributed by atoms with Crippen molar-refractivity contribution in [2.24, 2.45) is 0 Å². The molecular formula is C12H11FN2S. The van der Waals surface area contributed by atoms with E-state index < -0.39 is 0 Å². The Hall–Kier alpha value is -1.55. The third kappa shape index (κ3) is 2.02. The molecule has 0 aliphatic carbocycles.